The van der Waals surface area contributed by atoms with E-state index in [4.69, 9.17) is 5.26 Å². The van der Waals surface area contributed by atoms with Crippen molar-refractivity contribution in [3.05, 3.63) is 70.8 Å². The molecular weight excluding hydrogens is 423 g/mol. The van der Waals surface area contributed by atoms with Crippen LogP contribution in [0.3, 0.4) is 0 Å². The van der Waals surface area contributed by atoms with Crippen molar-refractivity contribution in [2.75, 3.05) is 6.54 Å². The zero-order chi connectivity index (χ0) is 17.2. The van der Waals surface area contributed by atoms with E-state index in [0.717, 1.165) is 31.0 Å². The summed E-state index contributed by atoms with van der Waals surface area (Å²) in [4.78, 5) is 4.62. The highest BCUT2D eigenvalue weighted by molar-refractivity contribution is 14.0. The number of aliphatic imine (C=N–C) groups is 1. The third kappa shape index (κ3) is 6.75. The fourth-order valence-corrected chi connectivity index (χ4v) is 2.45. The second-order valence-electron chi connectivity index (χ2n) is 5.48. The van der Waals surface area contributed by atoms with Crippen LogP contribution < -0.4 is 10.6 Å². The van der Waals surface area contributed by atoms with Crippen LogP contribution in [0.4, 0.5) is 0 Å². The van der Waals surface area contributed by atoms with Crippen molar-refractivity contribution in [3.8, 4) is 6.07 Å². The second-order valence-corrected chi connectivity index (χ2v) is 5.48. The lowest BCUT2D eigenvalue weighted by atomic mass is 10.1. The highest BCUT2D eigenvalue weighted by Crippen LogP contribution is 2.09. The maximum absolute atomic E-state index is 8.84. The third-order valence-electron chi connectivity index (χ3n) is 3.79. The minimum atomic E-state index is 0. The lowest BCUT2D eigenvalue weighted by molar-refractivity contribution is 0.809. The van der Waals surface area contributed by atoms with Crippen molar-refractivity contribution in [1.82, 2.24) is 10.6 Å². The molecule has 132 valence electrons. The molecule has 0 aliphatic carbocycles. The average molecular weight is 448 g/mol. The Morgan fingerprint density at radius 2 is 1.68 bits per heavy atom. The van der Waals surface area contributed by atoms with Crippen LogP contribution in [0, 0.1) is 11.3 Å². The van der Waals surface area contributed by atoms with Gasteiger partial charge in [-0.15, -0.1) is 24.0 Å². The van der Waals surface area contributed by atoms with Crippen LogP contribution in [0.1, 0.15) is 36.1 Å². The van der Waals surface area contributed by atoms with Gasteiger partial charge >= 0.3 is 0 Å². The first-order valence-electron chi connectivity index (χ1n) is 8.34. The Hall–Kier alpha value is -2.07. The molecule has 0 aromatic heterocycles. The molecule has 5 heteroatoms. The Kier molecular flexibility index (Phi) is 9.63. The smallest absolute Gasteiger partial charge is 0.191 e. The number of halogens is 1. The van der Waals surface area contributed by atoms with Crippen molar-refractivity contribution in [3.63, 3.8) is 0 Å². The van der Waals surface area contributed by atoms with Crippen molar-refractivity contribution in [1.29, 1.82) is 5.26 Å². The molecule has 0 saturated carbocycles. The van der Waals surface area contributed by atoms with Gasteiger partial charge in [0.15, 0.2) is 5.96 Å². The van der Waals surface area contributed by atoms with Crippen LogP contribution in [0.5, 0.6) is 0 Å². The largest absolute Gasteiger partial charge is 0.357 e. The lowest BCUT2D eigenvalue weighted by Crippen LogP contribution is -2.37. The van der Waals surface area contributed by atoms with Gasteiger partial charge < -0.3 is 10.6 Å². The zero-order valence-corrected chi connectivity index (χ0v) is 17.1. The molecule has 0 atom stereocenters. The van der Waals surface area contributed by atoms with Gasteiger partial charge in [-0.1, -0.05) is 43.3 Å². The van der Waals surface area contributed by atoms with E-state index in [1.54, 1.807) is 0 Å². The molecule has 25 heavy (non-hydrogen) atoms. The fourth-order valence-electron chi connectivity index (χ4n) is 2.45. The Bertz CT molecular complexity index is 717. The van der Waals surface area contributed by atoms with Crippen molar-refractivity contribution in [2.45, 2.75) is 33.4 Å². The minimum absolute atomic E-state index is 0. The number of nitrogens with one attached hydrogen (secondary N) is 2. The SMILES string of the molecule is CCNC(=NCc1ccc(C#N)cc1)NCc1ccccc1CC.I. The number of aryl methyl sites for hydroxylation is 1. The molecule has 2 aromatic carbocycles. The van der Waals surface area contributed by atoms with Crippen molar-refractivity contribution >= 4 is 29.9 Å². The van der Waals surface area contributed by atoms with Crippen LogP contribution in [0.15, 0.2) is 53.5 Å². The summed E-state index contributed by atoms with van der Waals surface area (Å²) >= 11 is 0. The summed E-state index contributed by atoms with van der Waals surface area (Å²) in [7, 11) is 0. The standard InChI is InChI=1S/C20H24N4.HI/c1-3-18-7-5-6-8-19(18)15-24-20(22-4-2)23-14-17-11-9-16(13-21)10-12-17;/h5-12H,3-4,14-15H2,1-2H3,(H2,22,23,24);1H. The number of nitrogens with zero attached hydrogens (tertiary/aromatic N) is 2. The number of hydrogen-bond acceptors (Lipinski definition) is 2. The highest BCUT2D eigenvalue weighted by atomic mass is 127. The Labute approximate surface area is 167 Å². The molecule has 0 heterocycles. The molecule has 0 saturated heterocycles. The summed E-state index contributed by atoms with van der Waals surface area (Å²) in [5.74, 6) is 0.799. The van der Waals surface area contributed by atoms with Crippen molar-refractivity contribution < 1.29 is 0 Å². The molecule has 0 amide bonds. The van der Waals surface area contributed by atoms with E-state index >= 15 is 0 Å². The van der Waals surface area contributed by atoms with Gasteiger partial charge in [-0.2, -0.15) is 5.26 Å². The van der Waals surface area contributed by atoms with Crippen LogP contribution in [-0.4, -0.2) is 12.5 Å². The quantitative estimate of drug-likeness (QED) is 0.399. The fraction of sp³-hybridized carbons (Fsp3) is 0.300. The van der Waals surface area contributed by atoms with E-state index < -0.39 is 0 Å². The summed E-state index contributed by atoms with van der Waals surface area (Å²) in [6, 6.07) is 18.1. The summed E-state index contributed by atoms with van der Waals surface area (Å²) in [6.07, 6.45) is 1.02. The van der Waals surface area contributed by atoms with Gasteiger partial charge in [0.05, 0.1) is 18.2 Å². The summed E-state index contributed by atoms with van der Waals surface area (Å²) in [5.41, 5.74) is 4.40. The first-order valence-corrected chi connectivity index (χ1v) is 8.34. The van der Waals surface area contributed by atoms with Crippen LogP contribution in [-0.2, 0) is 19.5 Å². The normalized spacial score (nSPS) is 10.5. The van der Waals surface area contributed by atoms with Crippen LogP contribution in [0.2, 0.25) is 0 Å². The molecule has 0 aliphatic heterocycles. The van der Waals surface area contributed by atoms with E-state index in [0.29, 0.717) is 12.1 Å². The maximum atomic E-state index is 8.84. The number of hydrogen-bond donors (Lipinski definition) is 2. The topological polar surface area (TPSA) is 60.2 Å². The molecule has 0 fully saturated rings. The molecule has 2 aromatic rings. The Balaban J connectivity index is 0.00000312. The number of benzene rings is 2. The molecule has 0 unspecified atom stereocenters. The summed E-state index contributed by atoms with van der Waals surface area (Å²) in [5, 5.41) is 15.5. The van der Waals surface area contributed by atoms with E-state index in [-0.39, 0.29) is 24.0 Å². The predicted octanol–water partition coefficient (Wildman–Crippen LogP) is 3.99. The van der Waals surface area contributed by atoms with E-state index in [1.165, 1.54) is 11.1 Å². The number of guanidine groups is 1. The Morgan fingerprint density at radius 3 is 2.28 bits per heavy atom. The van der Waals surface area contributed by atoms with Crippen LogP contribution >= 0.6 is 24.0 Å². The van der Waals surface area contributed by atoms with E-state index in [2.05, 4.69) is 59.8 Å². The molecule has 0 radical (unpaired) electrons. The van der Waals surface area contributed by atoms with Gasteiger partial charge in [0.2, 0.25) is 0 Å². The van der Waals surface area contributed by atoms with Gasteiger partial charge in [-0.25, -0.2) is 4.99 Å². The van der Waals surface area contributed by atoms with E-state index in [1.807, 2.05) is 24.3 Å². The molecule has 2 rings (SSSR count). The third-order valence-corrected chi connectivity index (χ3v) is 3.79. The number of nitriles is 1. The van der Waals surface area contributed by atoms with Gasteiger partial charge in [0, 0.05) is 13.1 Å². The highest BCUT2D eigenvalue weighted by Gasteiger charge is 2.02. The van der Waals surface area contributed by atoms with Crippen molar-refractivity contribution in [2.24, 2.45) is 4.99 Å². The van der Waals surface area contributed by atoms with Gasteiger partial charge in [-0.3, -0.25) is 0 Å². The Morgan fingerprint density at radius 1 is 1.00 bits per heavy atom. The molecular formula is C20H25IN4. The van der Waals surface area contributed by atoms with Gasteiger partial charge in [0.25, 0.3) is 0 Å². The lowest BCUT2D eigenvalue weighted by Gasteiger charge is -2.13. The maximum Gasteiger partial charge on any atom is 0.191 e. The molecule has 4 nitrogen and oxygen atoms in total. The van der Waals surface area contributed by atoms with E-state index in [9.17, 15) is 0 Å². The molecule has 0 spiro atoms. The first-order chi connectivity index (χ1) is 11.8. The average Bonchev–Trinajstić information content (AvgIpc) is 2.64. The summed E-state index contributed by atoms with van der Waals surface area (Å²) < 4.78 is 0. The summed E-state index contributed by atoms with van der Waals surface area (Å²) in [6.45, 7) is 6.37. The van der Waals surface area contributed by atoms with Crippen LogP contribution in [0.25, 0.3) is 0 Å². The molecule has 2 N–H and O–H groups in total. The van der Waals surface area contributed by atoms with Gasteiger partial charge in [-0.05, 0) is 42.2 Å². The number of rotatable bonds is 6. The molecule has 0 bridgehead atoms. The molecule has 0 aliphatic rings. The minimum Gasteiger partial charge on any atom is -0.357 e. The monoisotopic (exact) mass is 448 g/mol. The first kappa shape index (κ1) is 21.0. The predicted molar refractivity (Wildman–Crippen MR) is 114 cm³/mol. The zero-order valence-electron chi connectivity index (χ0n) is 14.7. The second kappa shape index (κ2) is 11.5. The van der Waals surface area contributed by atoms with Gasteiger partial charge in [0.1, 0.15) is 0 Å².